The number of rotatable bonds is 6. The van der Waals surface area contributed by atoms with Gasteiger partial charge in [-0.2, -0.15) is 0 Å². The number of phenolic OH excluding ortho intramolecular Hbond substituents is 2. The van der Waals surface area contributed by atoms with Gasteiger partial charge < -0.3 is 20.1 Å². The lowest BCUT2D eigenvalue weighted by Crippen LogP contribution is -2.13. The Morgan fingerprint density at radius 2 is 1.79 bits per heavy atom. The summed E-state index contributed by atoms with van der Waals surface area (Å²) in [5.41, 5.74) is 0.598. The zero-order valence-corrected chi connectivity index (χ0v) is 13.4. The largest absolute Gasteiger partial charge is 0.508 e. The Kier molecular flexibility index (Phi) is 5.08. The molecule has 0 aliphatic rings. The van der Waals surface area contributed by atoms with Crippen molar-refractivity contribution < 1.29 is 29.6 Å². The van der Waals surface area contributed by atoms with Gasteiger partial charge in [-0.25, -0.2) is 0 Å². The first-order chi connectivity index (χ1) is 11.4. The van der Waals surface area contributed by atoms with Crippen LogP contribution in [0.25, 0.3) is 0 Å². The monoisotopic (exact) mass is 330 g/mol. The summed E-state index contributed by atoms with van der Waals surface area (Å²) in [6.45, 7) is 1.73. The van der Waals surface area contributed by atoms with E-state index in [1.165, 1.54) is 13.2 Å². The van der Waals surface area contributed by atoms with E-state index < -0.39 is 23.9 Å². The molecule has 2 rings (SSSR count). The molecule has 0 saturated carbocycles. The fraction of sp³-hybridized carbons (Fsp3) is 0.222. The van der Waals surface area contributed by atoms with Crippen LogP contribution in [0.3, 0.4) is 0 Å². The lowest BCUT2D eigenvalue weighted by atomic mass is 9.90. The van der Waals surface area contributed by atoms with Crippen LogP contribution >= 0.6 is 0 Å². The van der Waals surface area contributed by atoms with Gasteiger partial charge in [0, 0.05) is 11.6 Å². The van der Waals surface area contributed by atoms with Crippen molar-refractivity contribution in [3.05, 3.63) is 52.6 Å². The Balaban J connectivity index is 2.67. The molecule has 0 spiro atoms. The molecule has 24 heavy (non-hydrogen) atoms. The van der Waals surface area contributed by atoms with Crippen molar-refractivity contribution in [1.82, 2.24) is 0 Å². The van der Waals surface area contributed by atoms with Crippen LogP contribution in [0.4, 0.5) is 0 Å². The third kappa shape index (κ3) is 3.32. The summed E-state index contributed by atoms with van der Waals surface area (Å²) in [6.07, 6.45) is -0.150. The summed E-state index contributed by atoms with van der Waals surface area (Å²) in [7, 11) is 1.46. The smallest absolute Gasteiger partial charge is 0.307 e. The highest BCUT2D eigenvalue weighted by molar-refractivity contribution is 6.12. The summed E-state index contributed by atoms with van der Waals surface area (Å²) in [6, 6.07) is 7.42. The van der Waals surface area contributed by atoms with Crippen LogP contribution in [-0.2, 0) is 17.6 Å². The van der Waals surface area contributed by atoms with Gasteiger partial charge in [0.05, 0.1) is 19.1 Å². The van der Waals surface area contributed by atoms with E-state index in [0.717, 1.165) is 6.07 Å². The van der Waals surface area contributed by atoms with Gasteiger partial charge in [-0.3, -0.25) is 9.59 Å². The maximum atomic E-state index is 12.8. The maximum Gasteiger partial charge on any atom is 0.307 e. The van der Waals surface area contributed by atoms with Gasteiger partial charge in [0.15, 0.2) is 5.78 Å². The summed E-state index contributed by atoms with van der Waals surface area (Å²) in [5, 5.41) is 29.3. The Hall–Kier alpha value is -3.02. The molecule has 0 fully saturated rings. The fourth-order valence-corrected chi connectivity index (χ4v) is 2.65. The van der Waals surface area contributed by atoms with Crippen LogP contribution in [0.15, 0.2) is 30.3 Å². The first kappa shape index (κ1) is 17.3. The number of carboxylic acids is 1. The molecular formula is C18H18O6. The second kappa shape index (κ2) is 7.04. The number of methoxy groups -OCH3 is 1. The number of hydrogen-bond donors (Lipinski definition) is 3. The molecule has 0 heterocycles. The van der Waals surface area contributed by atoms with Gasteiger partial charge in [0.1, 0.15) is 17.2 Å². The molecule has 0 atom stereocenters. The zero-order chi connectivity index (χ0) is 17.9. The number of ether oxygens (including phenoxy) is 1. The Labute approximate surface area is 138 Å². The number of ketones is 1. The quantitative estimate of drug-likeness (QED) is 0.703. The molecule has 0 bridgehead atoms. The molecule has 0 aliphatic heterocycles. The third-order valence-electron chi connectivity index (χ3n) is 3.75. The third-order valence-corrected chi connectivity index (χ3v) is 3.75. The number of phenols is 2. The van der Waals surface area contributed by atoms with Gasteiger partial charge in [-0.15, -0.1) is 0 Å². The number of carbonyl (C=O) groups is 2. The molecule has 2 aromatic rings. The van der Waals surface area contributed by atoms with E-state index in [1.54, 1.807) is 25.1 Å². The second-order valence-corrected chi connectivity index (χ2v) is 5.23. The molecular weight excluding hydrogens is 312 g/mol. The van der Waals surface area contributed by atoms with Crippen molar-refractivity contribution in [2.45, 2.75) is 19.8 Å². The Morgan fingerprint density at radius 3 is 2.38 bits per heavy atom. The van der Waals surface area contributed by atoms with Crippen LogP contribution < -0.4 is 4.74 Å². The van der Waals surface area contributed by atoms with Crippen molar-refractivity contribution in [3.63, 3.8) is 0 Å². The van der Waals surface area contributed by atoms with Crippen LogP contribution in [-0.4, -0.2) is 34.2 Å². The summed E-state index contributed by atoms with van der Waals surface area (Å²) in [4.78, 5) is 24.0. The van der Waals surface area contributed by atoms with E-state index in [9.17, 15) is 19.8 Å². The summed E-state index contributed by atoms with van der Waals surface area (Å²) < 4.78 is 5.08. The predicted octanol–water partition coefficient (Wildman–Crippen LogP) is 2.53. The van der Waals surface area contributed by atoms with E-state index in [1.807, 2.05) is 0 Å². The molecule has 0 unspecified atom stereocenters. The summed E-state index contributed by atoms with van der Waals surface area (Å²) >= 11 is 0. The van der Waals surface area contributed by atoms with Crippen molar-refractivity contribution in [3.8, 4) is 17.2 Å². The molecule has 0 amide bonds. The van der Waals surface area contributed by atoms with E-state index in [0.29, 0.717) is 17.7 Å². The molecule has 2 aromatic carbocycles. The average Bonchev–Trinajstić information content (AvgIpc) is 2.54. The molecule has 0 radical (unpaired) electrons. The van der Waals surface area contributed by atoms with Gasteiger partial charge in [0.2, 0.25) is 0 Å². The van der Waals surface area contributed by atoms with Crippen molar-refractivity contribution in [2.75, 3.05) is 7.11 Å². The highest BCUT2D eigenvalue weighted by atomic mass is 16.5. The minimum absolute atomic E-state index is 0.111. The first-order valence-electron chi connectivity index (χ1n) is 7.36. The molecule has 6 heteroatoms. The molecule has 0 saturated heterocycles. The van der Waals surface area contributed by atoms with E-state index in [4.69, 9.17) is 9.84 Å². The van der Waals surface area contributed by atoms with E-state index in [-0.39, 0.29) is 22.4 Å². The van der Waals surface area contributed by atoms with E-state index >= 15 is 0 Å². The zero-order valence-electron chi connectivity index (χ0n) is 13.4. The molecule has 0 aromatic heterocycles. The van der Waals surface area contributed by atoms with Gasteiger partial charge in [-0.05, 0) is 29.7 Å². The van der Waals surface area contributed by atoms with Crippen molar-refractivity contribution in [2.24, 2.45) is 0 Å². The minimum Gasteiger partial charge on any atom is -0.508 e. The van der Waals surface area contributed by atoms with E-state index in [2.05, 4.69) is 0 Å². The Morgan fingerprint density at radius 1 is 1.08 bits per heavy atom. The van der Waals surface area contributed by atoms with Crippen LogP contribution in [0, 0.1) is 0 Å². The first-order valence-corrected chi connectivity index (χ1v) is 7.36. The predicted molar refractivity (Wildman–Crippen MR) is 86.9 cm³/mol. The average molecular weight is 330 g/mol. The van der Waals surface area contributed by atoms with Crippen LogP contribution in [0.5, 0.6) is 17.2 Å². The van der Waals surface area contributed by atoms with Crippen molar-refractivity contribution in [1.29, 1.82) is 0 Å². The van der Waals surface area contributed by atoms with Gasteiger partial charge >= 0.3 is 5.97 Å². The molecule has 0 aliphatic carbocycles. The number of aliphatic carboxylic acids is 1. The number of hydrogen-bond acceptors (Lipinski definition) is 5. The van der Waals surface area contributed by atoms with Gasteiger partial charge in [0.25, 0.3) is 0 Å². The highest BCUT2D eigenvalue weighted by Crippen LogP contribution is 2.35. The second-order valence-electron chi connectivity index (χ2n) is 5.23. The Bertz CT molecular complexity index is 794. The standard InChI is InChI=1S/C18H18O6/c1-3-12-13(8-16(21)22)17(15(20)9-14(12)19)18(23)10-5-4-6-11(7-10)24-2/h4-7,9,19-20H,3,8H2,1-2H3,(H,21,22). The summed E-state index contributed by atoms with van der Waals surface area (Å²) in [5.74, 6) is -1.90. The fourth-order valence-electron chi connectivity index (χ4n) is 2.65. The number of benzene rings is 2. The number of carboxylic acid groups (broad SMARTS) is 1. The SMILES string of the molecule is CCc1c(O)cc(O)c(C(=O)c2cccc(OC)c2)c1CC(=O)O. The topological polar surface area (TPSA) is 104 Å². The lowest BCUT2D eigenvalue weighted by molar-refractivity contribution is -0.136. The number of carbonyl (C=O) groups excluding carboxylic acids is 1. The molecule has 126 valence electrons. The van der Waals surface area contributed by atoms with Crippen LogP contribution in [0.1, 0.15) is 34.0 Å². The minimum atomic E-state index is -1.16. The molecule has 3 N–H and O–H groups in total. The lowest BCUT2D eigenvalue weighted by Gasteiger charge is -2.15. The molecule has 6 nitrogen and oxygen atoms in total. The van der Waals surface area contributed by atoms with Crippen molar-refractivity contribution >= 4 is 11.8 Å². The normalized spacial score (nSPS) is 10.4. The highest BCUT2D eigenvalue weighted by Gasteiger charge is 2.24. The number of aromatic hydroxyl groups is 2. The maximum absolute atomic E-state index is 12.8. The van der Waals surface area contributed by atoms with Crippen LogP contribution in [0.2, 0.25) is 0 Å². The van der Waals surface area contributed by atoms with Gasteiger partial charge in [-0.1, -0.05) is 19.1 Å².